The summed E-state index contributed by atoms with van der Waals surface area (Å²) in [7, 11) is 0. The molecule has 118 valence electrons. The van der Waals surface area contributed by atoms with Crippen LogP contribution in [0, 0.1) is 6.92 Å². The Bertz CT molecular complexity index is 559. The minimum Gasteiger partial charge on any atom is -0.462 e. The van der Waals surface area contributed by atoms with E-state index in [1.54, 1.807) is 12.2 Å². The van der Waals surface area contributed by atoms with Gasteiger partial charge in [-0.1, -0.05) is 22.9 Å². The zero-order valence-corrected chi connectivity index (χ0v) is 12.2. The van der Waals surface area contributed by atoms with Crippen molar-refractivity contribution in [3.8, 4) is 0 Å². The van der Waals surface area contributed by atoms with Crippen LogP contribution >= 0.6 is 22.9 Å². The molecule has 1 unspecified atom stereocenters. The van der Waals surface area contributed by atoms with Crippen molar-refractivity contribution in [2.75, 3.05) is 11.9 Å². The van der Waals surface area contributed by atoms with Crippen LogP contribution in [-0.4, -0.2) is 34.8 Å². The number of ether oxygens (including phenoxy) is 1. The number of alkyl halides is 5. The van der Waals surface area contributed by atoms with Crippen LogP contribution in [0.2, 0.25) is 0 Å². The summed E-state index contributed by atoms with van der Waals surface area (Å²) < 4.78 is 54.6. The molecular formula is C10H9ClF4N2O3S. The topological polar surface area (TPSA) is 68.3 Å². The Morgan fingerprint density at radius 3 is 2.43 bits per heavy atom. The molecule has 21 heavy (non-hydrogen) atoms. The van der Waals surface area contributed by atoms with Crippen LogP contribution < -0.4 is 5.32 Å². The SMILES string of the molecule is CCOC(=O)c1sc(NC(=O)C(F)(Cl)C(F)(F)F)nc1C. The number of carbonyl (C=O) groups is 2. The minimum absolute atomic E-state index is 0.0156. The third kappa shape index (κ3) is 3.82. The van der Waals surface area contributed by atoms with Crippen LogP contribution in [-0.2, 0) is 9.53 Å². The van der Waals surface area contributed by atoms with Gasteiger partial charge < -0.3 is 4.74 Å². The third-order valence-electron chi connectivity index (χ3n) is 2.12. The second-order valence-corrected chi connectivity index (χ2v) is 5.20. The normalized spacial score (nSPS) is 14.4. The molecule has 5 nitrogen and oxygen atoms in total. The Morgan fingerprint density at radius 1 is 1.38 bits per heavy atom. The van der Waals surface area contributed by atoms with Gasteiger partial charge in [0.25, 0.3) is 5.91 Å². The van der Waals surface area contributed by atoms with E-state index in [-0.39, 0.29) is 17.2 Å². The maximum atomic E-state index is 13.2. The Kier molecular flexibility index (Phi) is 5.16. The molecule has 1 aromatic rings. The Morgan fingerprint density at radius 2 is 1.95 bits per heavy atom. The van der Waals surface area contributed by atoms with Gasteiger partial charge in [-0.25, -0.2) is 14.2 Å². The molecule has 0 aliphatic carbocycles. The van der Waals surface area contributed by atoms with Crippen LogP contribution in [0.3, 0.4) is 0 Å². The number of aromatic nitrogens is 1. The standard InChI is InChI=1S/C10H9ClF4N2O3S/c1-3-20-6(18)5-4(2)16-8(21-5)17-7(19)9(11,12)10(13,14)15/h3H2,1-2H3,(H,16,17,19). The number of rotatable bonds is 4. The van der Waals surface area contributed by atoms with Gasteiger partial charge in [-0.3, -0.25) is 10.1 Å². The first kappa shape index (κ1) is 17.6. The summed E-state index contributed by atoms with van der Waals surface area (Å²) in [5.74, 6) is -2.89. The number of carbonyl (C=O) groups excluding carboxylic acids is 2. The lowest BCUT2D eigenvalue weighted by Gasteiger charge is -2.19. The average Bonchev–Trinajstić information content (AvgIpc) is 2.69. The highest BCUT2D eigenvalue weighted by Crippen LogP contribution is 2.38. The summed E-state index contributed by atoms with van der Waals surface area (Å²) >= 11 is 5.11. The molecule has 0 spiro atoms. The molecule has 1 amide bonds. The van der Waals surface area contributed by atoms with Crippen molar-refractivity contribution < 1.29 is 31.9 Å². The molecule has 0 saturated heterocycles. The second kappa shape index (κ2) is 6.14. The molecule has 1 aromatic heterocycles. The molecule has 0 aliphatic heterocycles. The predicted molar refractivity (Wildman–Crippen MR) is 67.2 cm³/mol. The first-order valence-electron chi connectivity index (χ1n) is 5.41. The van der Waals surface area contributed by atoms with E-state index in [0.29, 0.717) is 11.3 Å². The number of amides is 1. The van der Waals surface area contributed by atoms with E-state index >= 15 is 0 Å². The molecule has 0 saturated carbocycles. The summed E-state index contributed by atoms with van der Waals surface area (Å²) in [6.45, 7) is 3.03. The van der Waals surface area contributed by atoms with Crippen molar-refractivity contribution in [3.63, 3.8) is 0 Å². The second-order valence-electron chi connectivity index (χ2n) is 3.68. The molecule has 1 atom stereocenters. The van der Waals surface area contributed by atoms with Crippen molar-refractivity contribution in [1.29, 1.82) is 0 Å². The van der Waals surface area contributed by atoms with Gasteiger partial charge in [-0.15, -0.1) is 0 Å². The first-order valence-corrected chi connectivity index (χ1v) is 6.60. The highest BCUT2D eigenvalue weighted by molar-refractivity contribution is 7.17. The van der Waals surface area contributed by atoms with Crippen molar-refractivity contribution in [2.24, 2.45) is 0 Å². The quantitative estimate of drug-likeness (QED) is 0.516. The minimum atomic E-state index is -5.59. The van der Waals surface area contributed by atoms with Gasteiger partial charge in [-0.05, 0) is 13.8 Å². The molecule has 0 aliphatic rings. The molecule has 0 bridgehead atoms. The van der Waals surface area contributed by atoms with Crippen LogP contribution in [0.25, 0.3) is 0 Å². The van der Waals surface area contributed by atoms with Crippen LogP contribution in [0.4, 0.5) is 22.7 Å². The molecule has 11 heteroatoms. The zero-order chi connectivity index (χ0) is 16.4. The number of aryl methyl sites for hydroxylation is 1. The van der Waals surface area contributed by atoms with Crippen molar-refractivity contribution in [3.05, 3.63) is 10.6 Å². The molecule has 1 rings (SSSR count). The van der Waals surface area contributed by atoms with E-state index in [2.05, 4.69) is 21.3 Å². The average molecular weight is 349 g/mol. The maximum Gasteiger partial charge on any atom is 0.446 e. The van der Waals surface area contributed by atoms with Gasteiger partial charge in [0.1, 0.15) is 4.88 Å². The molecule has 0 fully saturated rings. The number of hydrogen-bond donors (Lipinski definition) is 1. The van der Waals surface area contributed by atoms with Gasteiger partial charge in [0.2, 0.25) is 0 Å². The first-order chi connectivity index (χ1) is 9.50. The Labute approximate surface area is 125 Å². The molecule has 0 radical (unpaired) electrons. The molecule has 1 N–H and O–H groups in total. The van der Waals surface area contributed by atoms with Crippen molar-refractivity contribution in [1.82, 2.24) is 4.98 Å². The Balaban J connectivity index is 2.93. The number of nitrogens with one attached hydrogen (secondary N) is 1. The number of hydrogen-bond acceptors (Lipinski definition) is 5. The Hall–Kier alpha value is -1.42. The lowest BCUT2D eigenvalue weighted by atomic mass is 10.3. The highest BCUT2D eigenvalue weighted by Gasteiger charge is 2.61. The zero-order valence-electron chi connectivity index (χ0n) is 10.7. The van der Waals surface area contributed by atoms with Gasteiger partial charge in [0.05, 0.1) is 12.3 Å². The fourth-order valence-corrected chi connectivity index (χ4v) is 2.04. The third-order valence-corrected chi connectivity index (χ3v) is 3.56. The number of halogens is 5. The van der Waals surface area contributed by atoms with Crippen LogP contribution in [0.15, 0.2) is 0 Å². The number of anilines is 1. The lowest BCUT2D eigenvalue weighted by Crippen LogP contribution is -2.46. The molecule has 1 heterocycles. The fraction of sp³-hybridized carbons (Fsp3) is 0.500. The van der Waals surface area contributed by atoms with Crippen molar-refractivity contribution in [2.45, 2.75) is 25.2 Å². The summed E-state index contributed by atoms with van der Waals surface area (Å²) in [6, 6.07) is 0. The monoisotopic (exact) mass is 348 g/mol. The summed E-state index contributed by atoms with van der Waals surface area (Å²) in [5, 5.41) is -3.40. The van der Waals surface area contributed by atoms with E-state index in [1.807, 2.05) is 0 Å². The predicted octanol–water partition coefficient (Wildman–Crippen LogP) is 3.03. The van der Waals surface area contributed by atoms with E-state index in [0.717, 1.165) is 0 Å². The largest absolute Gasteiger partial charge is 0.462 e. The number of thiazole rings is 1. The number of nitrogens with zero attached hydrogens (tertiary/aromatic N) is 1. The summed E-state index contributed by atoms with van der Waals surface area (Å²) in [6.07, 6.45) is -5.59. The van der Waals surface area contributed by atoms with Gasteiger partial charge in [-0.2, -0.15) is 13.2 Å². The van der Waals surface area contributed by atoms with Gasteiger partial charge in [0, 0.05) is 0 Å². The van der Waals surface area contributed by atoms with E-state index in [1.165, 1.54) is 6.92 Å². The van der Waals surface area contributed by atoms with E-state index in [9.17, 15) is 27.2 Å². The van der Waals surface area contributed by atoms with Gasteiger partial charge >= 0.3 is 17.3 Å². The van der Waals surface area contributed by atoms with Crippen LogP contribution in [0.5, 0.6) is 0 Å². The van der Waals surface area contributed by atoms with Gasteiger partial charge in [0.15, 0.2) is 5.13 Å². The lowest BCUT2D eigenvalue weighted by molar-refractivity contribution is -0.197. The number of esters is 1. The van der Waals surface area contributed by atoms with E-state index in [4.69, 9.17) is 0 Å². The smallest absolute Gasteiger partial charge is 0.446 e. The maximum absolute atomic E-state index is 13.2. The molecule has 0 aromatic carbocycles. The summed E-state index contributed by atoms with van der Waals surface area (Å²) in [4.78, 5) is 26.3. The molecular weight excluding hydrogens is 340 g/mol. The summed E-state index contributed by atoms with van der Waals surface area (Å²) in [5.41, 5.74) is 0.125. The fourth-order valence-electron chi connectivity index (χ4n) is 1.14. The van der Waals surface area contributed by atoms with Crippen LogP contribution in [0.1, 0.15) is 22.3 Å². The van der Waals surface area contributed by atoms with Crippen molar-refractivity contribution >= 4 is 39.9 Å². The van der Waals surface area contributed by atoms with E-state index < -0.39 is 28.3 Å². The highest BCUT2D eigenvalue weighted by atomic mass is 35.5.